The molecule has 0 saturated heterocycles. The van der Waals surface area contributed by atoms with E-state index in [1.807, 2.05) is 19.1 Å². The molecule has 19 heavy (non-hydrogen) atoms. The summed E-state index contributed by atoms with van der Waals surface area (Å²) in [6.07, 6.45) is 0.921. The Balaban J connectivity index is 2.21. The van der Waals surface area contributed by atoms with E-state index in [-0.39, 0.29) is 5.69 Å². The van der Waals surface area contributed by atoms with Crippen LogP contribution in [0, 0.1) is 0 Å². The molecule has 0 saturated carbocycles. The Bertz CT molecular complexity index is 620. The fraction of sp³-hybridized carbons (Fsp3) is 0.333. The van der Waals surface area contributed by atoms with Gasteiger partial charge in [-0.15, -0.1) is 5.10 Å². The summed E-state index contributed by atoms with van der Waals surface area (Å²) >= 11 is 1.38. The number of H-pyrrole nitrogens is 1. The number of nitrogens with one attached hydrogen (secondary N) is 1. The predicted octanol–water partition coefficient (Wildman–Crippen LogP) is 1.63. The first-order valence-electron chi connectivity index (χ1n) is 5.93. The van der Waals surface area contributed by atoms with Gasteiger partial charge in [-0.2, -0.15) is 0 Å². The van der Waals surface area contributed by atoms with Crippen molar-refractivity contribution < 1.29 is 4.74 Å². The molecule has 0 aliphatic rings. The molecule has 0 radical (unpaired) electrons. The topological polar surface area (TPSA) is 85.9 Å². The van der Waals surface area contributed by atoms with E-state index < -0.39 is 0 Å². The molecular formula is C12H16N4O2S. The molecule has 7 heteroatoms. The van der Waals surface area contributed by atoms with Crippen molar-refractivity contribution >= 4 is 17.4 Å². The van der Waals surface area contributed by atoms with Crippen LogP contribution in [-0.4, -0.2) is 21.4 Å². The lowest BCUT2D eigenvalue weighted by Crippen LogP contribution is -2.12. The van der Waals surface area contributed by atoms with E-state index in [0.717, 1.165) is 11.3 Å². The van der Waals surface area contributed by atoms with Crippen molar-refractivity contribution in [2.45, 2.75) is 23.4 Å². The first-order chi connectivity index (χ1) is 9.11. The highest BCUT2D eigenvalue weighted by Crippen LogP contribution is 2.31. The third kappa shape index (κ3) is 3.11. The molecular weight excluding hydrogens is 264 g/mol. The average molecular weight is 280 g/mol. The van der Waals surface area contributed by atoms with Crippen molar-refractivity contribution in [2.24, 2.45) is 7.05 Å². The van der Waals surface area contributed by atoms with Crippen LogP contribution in [0.15, 0.2) is 33.0 Å². The van der Waals surface area contributed by atoms with E-state index in [9.17, 15) is 4.79 Å². The van der Waals surface area contributed by atoms with Crippen molar-refractivity contribution in [3.05, 3.63) is 28.7 Å². The Hall–Kier alpha value is -1.89. The Morgan fingerprint density at radius 2 is 2.32 bits per heavy atom. The lowest BCUT2D eigenvalue weighted by Gasteiger charge is -2.09. The number of nitrogen functional groups attached to an aromatic ring is 1. The van der Waals surface area contributed by atoms with E-state index in [2.05, 4.69) is 10.2 Å². The molecule has 0 amide bonds. The van der Waals surface area contributed by atoms with Crippen LogP contribution in [-0.2, 0) is 7.05 Å². The first-order valence-corrected chi connectivity index (χ1v) is 6.75. The number of hydrogen-bond donors (Lipinski definition) is 2. The molecule has 102 valence electrons. The molecule has 0 unspecified atom stereocenters. The summed E-state index contributed by atoms with van der Waals surface area (Å²) in [6.45, 7) is 2.66. The van der Waals surface area contributed by atoms with Gasteiger partial charge in [-0.3, -0.25) is 4.57 Å². The summed E-state index contributed by atoms with van der Waals surface area (Å²) < 4.78 is 7.02. The molecule has 0 aliphatic heterocycles. The van der Waals surface area contributed by atoms with E-state index >= 15 is 0 Å². The van der Waals surface area contributed by atoms with Gasteiger partial charge in [0.25, 0.3) is 0 Å². The van der Waals surface area contributed by atoms with E-state index in [1.165, 1.54) is 16.3 Å². The Kier molecular flexibility index (Phi) is 4.16. The highest BCUT2D eigenvalue weighted by Gasteiger charge is 2.08. The van der Waals surface area contributed by atoms with Gasteiger partial charge < -0.3 is 10.5 Å². The highest BCUT2D eigenvalue weighted by atomic mass is 32.2. The number of anilines is 1. The summed E-state index contributed by atoms with van der Waals surface area (Å²) in [4.78, 5) is 12.2. The number of hydrogen-bond acceptors (Lipinski definition) is 5. The summed E-state index contributed by atoms with van der Waals surface area (Å²) in [7, 11) is 1.67. The van der Waals surface area contributed by atoms with Gasteiger partial charge in [0.15, 0.2) is 5.16 Å². The van der Waals surface area contributed by atoms with Crippen LogP contribution in [0.4, 0.5) is 5.69 Å². The minimum Gasteiger partial charge on any atom is -0.491 e. The van der Waals surface area contributed by atoms with Gasteiger partial charge in [-0.25, -0.2) is 9.89 Å². The van der Waals surface area contributed by atoms with Gasteiger partial charge in [0.1, 0.15) is 5.75 Å². The maximum absolute atomic E-state index is 11.3. The van der Waals surface area contributed by atoms with Gasteiger partial charge in [0.05, 0.1) is 12.3 Å². The second kappa shape index (κ2) is 5.83. The number of aromatic amines is 1. The maximum atomic E-state index is 11.3. The zero-order valence-electron chi connectivity index (χ0n) is 10.8. The summed E-state index contributed by atoms with van der Waals surface area (Å²) in [5.41, 5.74) is 6.22. The minimum absolute atomic E-state index is 0.236. The SMILES string of the molecule is CCCOc1cc(Sc2n[nH]c(=O)n2C)ccc1N. The summed E-state index contributed by atoms with van der Waals surface area (Å²) in [6, 6.07) is 5.52. The molecule has 6 nitrogen and oxygen atoms in total. The standard InChI is InChI=1S/C12H16N4O2S/c1-3-6-18-10-7-8(4-5-9(10)13)19-12-15-14-11(17)16(12)2/h4-5,7H,3,6,13H2,1-2H3,(H,14,17). The van der Waals surface area contributed by atoms with Crippen LogP contribution in [0.2, 0.25) is 0 Å². The Morgan fingerprint density at radius 1 is 1.53 bits per heavy atom. The van der Waals surface area contributed by atoms with E-state index in [4.69, 9.17) is 10.5 Å². The van der Waals surface area contributed by atoms with Crippen molar-refractivity contribution in [1.82, 2.24) is 14.8 Å². The van der Waals surface area contributed by atoms with Crippen molar-refractivity contribution in [1.29, 1.82) is 0 Å². The Morgan fingerprint density at radius 3 is 2.95 bits per heavy atom. The smallest absolute Gasteiger partial charge is 0.343 e. The molecule has 1 aromatic carbocycles. The summed E-state index contributed by atoms with van der Waals surface area (Å²) in [5.74, 6) is 0.660. The fourth-order valence-electron chi connectivity index (χ4n) is 1.44. The molecule has 1 heterocycles. The van der Waals surface area contributed by atoms with E-state index in [1.54, 1.807) is 13.1 Å². The largest absolute Gasteiger partial charge is 0.491 e. The van der Waals surface area contributed by atoms with Crippen LogP contribution < -0.4 is 16.2 Å². The number of aromatic nitrogens is 3. The van der Waals surface area contributed by atoms with Crippen LogP contribution in [0.3, 0.4) is 0 Å². The molecule has 3 N–H and O–H groups in total. The lowest BCUT2D eigenvalue weighted by molar-refractivity contribution is 0.318. The van der Waals surface area contributed by atoms with Gasteiger partial charge >= 0.3 is 5.69 Å². The van der Waals surface area contributed by atoms with E-state index in [0.29, 0.717) is 23.2 Å². The molecule has 2 aromatic rings. The molecule has 0 aliphatic carbocycles. The zero-order chi connectivity index (χ0) is 13.8. The maximum Gasteiger partial charge on any atom is 0.343 e. The molecule has 1 aromatic heterocycles. The van der Waals surface area contributed by atoms with Crippen LogP contribution in [0.5, 0.6) is 5.75 Å². The average Bonchev–Trinajstić information content (AvgIpc) is 2.71. The third-order valence-corrected chi connectivity index (χ3v) is 3.53. The molecule has 0 spiro atoms. The third-order valence-electron chi connectivity index (χ3n) is 2.49. The second-order valence-corrected chi connectivity index (χ2v) is 5.06. The highest BCUT2D eigenvalue weighted by molar-refractivity contribution is 7.99. The number of benzene rings is 1. The monoisotopic (exact) mass is 280 g/mol. The van der Waals surface area contributed by atoms with Gasteiger partial charge in [0, 0.05) is 11.9 Å². The molecule has 0 fully saturated rings. The number of ether oxygens (including phenoxy) is 1. The van der Waals surface area contributed by atoms with Crippen LogP contribution >= 0.6 is 11.8 Å². The van der Waals surface area contributed by atoms with Gasteiger partial charge in [-0.1, -0.05) is 6.92 Å². The minimum atomic E-state index is -0.236. The number of rotatable bonds is 5. The number of nitrogens with zero attached hydrogens (tertiary/aromatic N) is 2. The zero-order valence-corrected chi connectivity index (χ0v) is 11.7. The van der Waals surface area contributed by atoms with Crippen molar-refractivity contribution in [3.8, 4) is 5.75 Å². The lowest BCUT2D eigenvalue weighted by atomic mass is 10.3. The second-order valence-electron chi connectivity index (χ2n) is 4.02. The molecule has 0 atom stereocenters. The summed E-state index contributed by atoms with van der Waals surface area (Å²) in [5, 5.41) is 6.93. The van der Waals surface area contributed by atoms with Crippen molar-refractivity contribution in [3.63, 3.8) is 0 Å². The van der Waals surface area contributed by atoms with Crippen LogP contribution in [0.25, 0.3) is 0 Å². The van der Waals surface area contributed by atoms with Gasteiger partial charge in [-0.05, 0) is 36.4 Å². The van der Waals surface area contributed by atoms with Crippen LogP contribution in [0.1, 0.15) is 13.3 Å². The van der Waals surface area contributed by atoms with Gasteiger partial charge in [0.2, 0.25) is 0 Å². The number of nitrogens with two attached hydrogens (primary N) is 1. The van der Waals surface area contributed by atoms with Crippen molar-refractivity contribution in [2.75, 3.05) is 12.3 Å². The quantitative estimate of drug-likeness (QED) is 0.813. The Labute approximate surface area is 115 Å². The molecule has 2 rings (SSSR count). The predicted molar refractivity (Wildman–Crippen MR) is 74.6 cm³/mol. The normalized spacial score (nSPS) is 10.6. The fourth-order valence-corrected chi connectivity index (χ4v) is 2.27. The first kappa shape index (κ1) is 13.5. The molecule has 0 bridgehead atoms.